The van der Waals surface area contributed by atoms with Crippen molar-refractivity contribution >= 4 is 23.8 Å². The predicted octanol–water partition coefficient (Wildman–Crippen LogP) is 1.78. The minimum atomic E-state index is -0.953. The highest BCUT2D eigenvalue weighted by molar-refractivity contribution is 7.99. The summed E-state index contributed by atoms with van der Waals surface area (Å²) in [5.41, 5.74) is 0. The average molecular weight is 274 g/mol. The van der Waals surface area contributed by atoms with Gasteiger partial charge in [0.2, 0.25) is 0 Å². The molecule has 1 saturated carbocycles. The molecule has 18 heavy (non-hydrogen) atoms. The summed E-state index contributed by atoms with van der Waals surface area (Å²) in [6.07, 6.45) is 2.75. The number of carboxylic acids is 1. The lowest BCUT2D eigenvalue weighted by molar-refractivity contribution is -0.137. The maximum atomic E-state index is 11.9. The number of hydrogen-bond donors (Lipinski definition) is 2. The van der Waals surface area contributed by atoms with Crippen LogP contribution >= 0.6 is 11.8 Å². The van der Waals surface area contributed by atoms with Gasteiger partial charge in [-0.1, -0.05) is 6.92 Å². The summed E-state index contributed by atoms with van der Waals surface area (Å²) in [5, 5.41) is 11.7. The number of nitrogens with one attached hydrogen (secondary N) is 1. The molecule has 0 aromatic rings. The molecular weight excluding hydrogens is 252 g/mol. The smallest absolute Gasteiger partial charge is 0.323 e. The highest BCUT2D eigenvalue weighted by Gasteiger charge is 2.34. The summed E-state index contributed by atoms with van der Waals surface area (Å²) in [6, 6.07) is -0.0289. The molecule has 1 rings (SSSR count). The van der Waals surface area contributed by atoms with E-state index in [1.165, 1.54) is 4.90 Å². The normalized spacial score (nSPS) is 16.1. The fraction of sp³-hybridized carbons (Fsp3) is 0.833. The number of amides is 2. The fourth-order valence-corrected chi connectivity index (χ4v) is 2.48. The quantitative estimate of drug-likeness (QED) is 0.662. The Bertz CT molecular complexity index is 295. The third-order valence-electron chi connectivity index (χ3n) is 2.82. The number of carbonyl (C=O) groups is 2. The molecule has 6 heteroatoms. The van der Waals surface area contributed by atoms with Gasteiger partial charge in [-0.25, -0.2) is 4.79 Å². The van der Waals surface area contributed by atoms with Crippen LogP contribution in [0.25, 0.3) is 0 Å². The molecular formula is C12H22N2O3S. The minimum absolute atomic E-state index is 0.0894. The van der Waals surface area contributed by atoms with Gasteiger partial charge in [0.05, 0.1) is 0 Å². The molecule has 104 valence electrons. The number of carboxylic acid groups (broad SMARTS) is 1. The Morgan fingerprint density at radius 1 is 1.50 bits per heavy atom. The first-order chi connectivity index (χ1) is 8.54. The van der Waals surface area contributed by atoms with Gasteiger partial charge in [-0.15, -0.1) is 0 Å². The van der Waals surface area contributed by atoms with Crippen LogP contribution in [0.3, 0.4) is 0 Å². The lowest BCUT2D eigenvalue weighted by Crippen LogP contribution is -2.47. The van der Waals surface area contributed by atoms with Gasteiger partial charge in [-0.3, -0.25) is 4.79 Å². The maximum absolute atomic E-state index is 11.9. The van der Waals surface area contributed by atoms with Gasteiger partial charge >= 0.3 is 12.0 Å². The van der Waals surface area contributed by atoms with Crippen molar-refractivity contribution in [1.29, 1.82) is 0 Å². The van der Waals surface area contributed by atoms with E-state index in [0.29, 0.717) is 0 Å². The van der Waals surface area contributed by atoms with E-state index in [4.69, 9.17) is 5.11 Å². The first-order valence-corrected chi connectivity index (χ1v) is 7.56. The molecule has 0 aliphatic heterocycles. The Hall–Kier alpha value is -0.910. The predicted molar refractivity (Wildman–Crippen MR) is 73.0 cm³/mol. The zero-order chi connectivity index (χ0) is 13.5. The van der Waals surface area contributed by atoms with Crippen LogP contribution in [0, 0.1) is 0 Å². The lowest BCUT2D eigenvalue weighted by atomic mass is 10.2. The highest BCUT2D eigenvalue weighted by Crippen LogP contribution is 2.26. The van der Waals surface area contributed by atoms with E-state index in [0.717, 1.165) is 30.8 Å². The number of nitrogens with zero attached hydrogens (tertiary/aromatic N) is 1. The van der Waals surface area contributed by atoms with E-state index >= 15 is 0 Å². The van der Waals surface area contributed by atoms with Gasteiger partial charge in [-0.05, 0) is 37.7 Å². The zero-order valence-corrected chi connectivity index (χ0v) is 11.8. The Morgan fingerprint density at radius 2 is 2.17 bits per heavy atom. The number of carbonyl (C=O) groups excluding carboxylic acids is 1. The number of rotatable bonds is 8. The summed E-state index contributed by atoms with van der Waals surface area (Å²) in [7, 11) is 0. The first-order valence-electron chi connectivity index (χ1n) is 6.41. The number of urea groups is 1. The fourth-order valence-electron chi connectivity index (χ4n) is 1.67. The molecule has 0 radical (unpaired) electrons. The zero-order valence-electron chi connectivity index (χ0n) is 11.0. The maximum Gasteiger partial charge on any atom is 0.323 e. The minimum Gasteiger partial charge on any atom is -0.480 e. The molecule has 1 atom stereocenters. The Kier molecular flexibility index (Phi) is 6.32. The lowest BCUT2D eigenvalue weighted by Gasteiger charge is -2.23. The van der Waals surface area contributed by atoms with Gasteiger partial charge in [0, 0.05) is 12.1 Å². The molecule has 1 unspecified atom stereocenters. The third kappa shape index (κ3) is 5.62. The van der Waals surface area contributed by atoms with Crippen LogP contribution in [0.1, 0.15) is 33.1 Å². The highest BCUT2D eigenvalue weighted by atomic mass is 32.2. The number of aliphatic carboxylic acids is 1. The van der Waals surface area contributed by atoms with Gasteiger partial charge in [0.15, 0.2) is 0 Å². The first kappa shape index (κ1) is 15.1. The van der Waals surface area contributed by atoms with E-state index in [1.54, 1.807) is 0 Å². The van der Waals surface area contributed by atoms with Gasteiger partial charge in [0.25, 0.3) is 0 Å². The van der Waals surface area contributed by atoms with Crippen LogP contribution in [0.2, 0.25) is 0 Å². The van der Waals surface area contributed by atoms with Crippen molar-refractivity contribution in [1.82, 2.24) is 10.2 Å². The topological polar surface area (TPSA) is 69.6 Å². The van der Waals surface area contributed by atoms with Crippen molar-refractivity contribution < 1.29 is 14.7 Å². The van der Waals surface area contributed by atoms with Crippen LogP contribution in [-0.4, -0.2) is 52.1 Å². The van der Waals surface area contributed by atoms with Crippen molar-refractivity contribution in [3.63, 3.8) is 0 Å². The second-order valence-electron chi connectivity index (χ2n) is 4.59. The van der Waals surface area contributed by atoms with E-state index in [1.807, 2.05) is 18.7 Å². The van der Waals surface area contributed by atoms with Crippen LogP contribution < -0.4 is 5.32 Å². The molecule has 0 heterocycles. The van der Waals surface area contributed by atoms with Gasteiger partial charge in [0.1, 0.15) is 6.54 Å². The molecule has 5 nitrogen and oxygen atoms in total. The molecule has 2 N–H and O–H groups in total. The summed E-state index contributed by atoms with van der Waals surface area (Å²) in [4.78, 5) is 24.1. The summed E-state index contributed by atoms with van der Waals surface area (Å²) in [5.74, 6) is 1.14. The SMILES string of the molecule is CCSCCC(C)NC(=O)N(CC(=O)O)C1CC1. The molecule has 2 amide bonds. The molecule has 1 aliphatic carbocycles. The van der Waals surface area contributed by atoms with Crippen LogP contribution in [0.15, 0.2) is 0 Å². The van der Waals surface area contributed by atoms with E-state index in [2.05, 4.69) is 12.2 Å². The largest absolute Gasteiger partial charge is 0.480 e. The van der Waals surface area contributed by atoms with Crippen molar-refractivity contribution in [2.45, 2.75) is 45.2 Å². The van der Waals surface area contributed by atoms with Crippen LogP contribution in [0.4, 0.5) is 4.79 Å². The van der Waals surface area contributed by atoms with Crippen molar-refractivity contribution in [2.75, 3.05) is 18.1 Å². The Balaban J connectivity index is 2.33. The molecule has 1 fully saturated rings. The number of hydrogen-bond acceptors (Lipinski definition) is 3. The Labute approximate surface area is 112 Å². The molecule has 0 aromatic carbocycles. The molecule has 0 saturated heterocycles. The van der Waals surface area contributed by atoms with E-state index in [9.17, 15) is 9.59 Å². The van der Waals surface area contributed by atoms with E-state index < -0.39 is 5.97 Å². The second kappa shape index (κ2) is 7.51. The van der Waals surface area contributed by atoms with Crippen molar-refractivity contribution in [2.24, 2.45) is 0 Å². The summed E-state index contributed by atoms with van der Waals surface area (Å²) in [6.45, 7) is 3.86. The third-order valence-corrected chi connectivity index (χ3v) is 3.76. The molecule has 0 bridgehead atoms. The Morgan fingerprint density at radius 3 is 2.67 bits per heavy atom. The standard InChI is InChI=1S/C12H22N2O3S/c1-3-18-7-6-9(2)13-12(17)14(8-11(15)16)10-4-5-10/h9-10H,3-8H2,1-2H3,(H,13,17)(H,15,16). The van der Waals surface area contributed by atoms with Gasteiger partial charge in [-0.2, -0.15) is 11.8 Å². The molecule has 1 aliphatic rings. The van der Waals surface area contributed by atoms with Crippen molar-refractivity contribution in [3.8, 4) is 0 Å². The number of thioether (sulfide) groups is 1. The molecule has 0 aromatic heterocycles. The summed E-state index contributed by atoms with van der Waals surface area (Å²) >= 11 is 1.84. The van der Waals surface area contributed by atoms with Crippen molar-refractivity contribution in [3.05, 3.63) is 0 Å². The summed E-state index contributed by atoms with van der Waals surface area (Å²) < 4.78 is 0. The average Bonchev–Trinajstić information content (AvgIpc) is 3.09. The van der Waals surface area contributed by atoms with E-state index in [-0.39, 0.29) is 24.7 Å². The van der Waals surface area contributed by atoms with Crippen LogP contribution in [-0.2, 0) is 4.79 Å². The second-order valence-corrected chi connectivity index (χ2v) is 5.98. The molecule has 0 spiro atoms. The van der Waals surface area contributed by atoms with Crippen LogP contribution in [0.5, 0.6) is 0 Å². The van der Waals surface area contributed by atoms with Gasteiger partial charge < -0.3 is 15.3 Å². The monoisotopic (exact) mass is 274 g/mol.